The Morgan fingerprint density at radius 1 is 0.972 bits per heavy atom. The summed E-state index contributed by atoms with van der Waals surface area (Å²) in [5.74, 6) is 0.0171. The molecule has 0 aliphatic heterocycles. The van der Waals surface area contributed by atoms with Crippen molar-refractivity contribution in [2.24, 2.45) is 7.05 Å². The van der Waals surface area contributed by atoms with E-state index in [9.17, 15) is 14.4 Å². The van der Waals surface area contributed by atoms with Gasteiger partial charge in [0.15, 0.2) is 6.61 Å². The number of benzene rings is 3. The van der Waals surface area contributed by atoms with E-state index in [1.165, 1.54) is 4.68 Å². The predicted molar refractivity (Wildman–Crippen MR) is 139 cm³/mol. The van der Waals surface area contributed by atoms with Gasteiger partial charge in [-0.25, -0.2) is 14.9 Å². The van der Waals surface area contributed by atoms with Crippen molar-refractivity contribution in [3.8, 4) is 17.0 Å². The lowest BCUT2D eigenvalue weighted by atomic mass is 10.00. The lowest BCUT2D eigenvalue weighted by molar-refractivity contribution is -0.123. The number of amides is 3. The standard InChI is InChI=1S/C26H24ClN5O4/c1-15-12-17(23-20-6-4-5-7-21(20)25(34)32(3)31-23)13-16(2)24(15)36-14-22(33)29-30-26(35)28-19-10-8-18(27)9-11-19/h4-13H,14H2,1-3H3,(H,29,33)(H2,28,30,35). The number of aryl methyl sites for hydroxylation is 3. The van der Waals surface area contributed by atoms with Crippen LogP contribution in [0.1, 0.15) is 11.1 Å². The molecule has 0 radical (unpaired) electrons. The Bertz CT molecular complexity index is 1490. The van der Waals surface area contributed by atoms with E-state index in [0.29, 0.717) is 27.5 Å². The molecule has 0 bridgehead atoms. The van der Waals surface area contributed by atoms with Crippen molar-refractivity contribution in [1.29, 1.82) is 0 Å². The van der Waals surface area contributed by atoms with Gasteiger partial charge >= 0.3 is 6.03 Å². The molecule has 0 spiro atoms. The molecule has 0 saturated carbocycles. The van der Waals surface area contributed by atoms with Gasteiger partial charge in [-0.1, -0.05) is 29.8 Å². The molecule has 0 atom stereocenters. The molecule has 0 aliphatic rings. The molecule has 4 rings (SSSR count). The normalized spacial score (nSPS) is 10.7. The maximum absolute atomic E-state index is 12.5. The fraction of sp³-hybridized carbons (Fsp3) is 0.154. The summed E-state index contributed by atoms with van der Waals surface area (Å²) in [5.41, 5.74) is 8.03. The number of hydrazine groups is 1. The van der Waals surface area contributed by atoms with Crippen molar-refractivity contribution in [3.63, 3.8) is 0 Å². The van der Waals surface area contributed by atoms with Gasteiger partial charge in [-0.15, -0.1) is 0 Å². The molecule has 10 heteroatoms. The molecule has 0 fully saturated rings. The summed E-state index contributed by atoms with van der Waals surface area (Å²) in [4.78, 5) is 36.6. The van der Waals surface area contributed by atoms with Crippen molar-refractivity contribution in [1.82, 2.24) is 20.6 Å². The minimum absolute atomic E-state index is 0.163. The Balaban J connectivity index is 1.42. The van der Waals surface area contributed by atoms with Crippen LogP contribution < -0.4 is 26.5 Å². The molecular weight excluding hydrogens is 482 g/mol. The first-order valence-electron chi connectivity index (χ1n) is 11.0. The Morgan fingerprint density at radius 3 is 2.28 bits per heavy atom. The number of rotatable bonds is 5. The highest BCUT2D eigenvalue weighted by Crippen LogP contribution is 2.32. The van der Waals surface area contributed by atoms with Gasteiger partial charge in [0.05, 0.1) is 11.1 Å². The third-order valence-electron chi connectivity index (χ3n) is 5.46. The number of hydrogen-bond acceptors (Lipinski definition) is 5. The molecule has 3 amide bonds. The van der Waals surface area contributed by atoms with Gasteiger partial charge in [0.2, 0.25) is 0 Å². The summed E-state index contributed by atoms with van der Waals surface area (Å²) in [6, 6.07) is 17.1. The molecule has 3 N–H and O–H groups in total. The van der Waals surface area contributed by atoms with E-state index in [1.807, 2.05) is 44.2 Å². The Kier molecular flexibility index (Phi) is 7.21. The van der Waals surface area contributed by atoms with Crippen LogP contribution in [0.4, 0.5) is 10.5 Å². The van der Waals surface area contributed by atoms with Gasteiger partial charge in [0.25, 0.3) is 11.5 Å². The number of nitrogens with zero attached hydrogens (tertiary/aromatic N) is 2. The zero-order chi connectivity index (χ0) is 25.8. The maximum atomic E-state index is 12.5. The lowest BCUT2D eigenvalue weighted by Gasteiger charge is -2.15. The van der Waals surface area contributed by atoms with E-state index >= 15 is 0 Å². The van der Waals surface area contributed by atoms with E-state index in [1.54, 1.807) is 37.4 Å². The van der Waals surface area contributed by atoms with Crippen molar-refractivity contribution >= 4 is 40.0 Å². The molecule has 0 unspecified atom stereocenters. The Morgan fingerprint density at radius 2 is 1.61 bits per heavy atom. The first-order valence-corrected chi connectivity index (χ1v) is 11.4. The highest BCUT2D eigenvalue weighted by atomic mass is 35.5. The molecule has 184 valence electrons. The van der Waals surface area contributed by atoms with Gasteiger partial charge in [0, 0.05) is 28.7 Å². The fourth-order valence-electron chi connectivity index (χ4n) is 3.82. The SMILES string of the molecule is Cc1cc(-c2nn(C)c(=O)c3ccccc23)cc(C)c1OCC(=O)NNC(=O)Nc1ccc(Cl)cc1. The second-order valence-corrected chi connectivity index (χ2v) is 8.62. The van der Waals surface area contributed by atoms with Crippen LogP contribution in [0.25, 0.3) is 22.0 Å². The summed E-state index contributed by atoms with van der Waals surface area (Å²) < 4.78 is 7.07. The molecule has 36 heavy (non-hydrogen) atoms. The molecule has 1 heterocycles. The predicted octanol–water partition coefficient (Wildman–Crippen LogP) is 4.10. The number of nitrogens with one attached hydrogen (secondary N) is 3. The molecule has 4 aromatic rings. The largest absolute Gasteiger partial charge is 0.483 e. The number of hydrogen-bond donors (Lipinski definition) is 3. The molecule has 3 aromatic carbocycles. The molecule has 1 aromatic heterocycles. The third-order valence-corrected chi connectivity index (χ3v) is 5.71. The number of fused-ring (bicyclic) bond motifs is 1. The van der Waals surface area contributed by atoms with Gasteiger partial charge in [-0.2, -0.15) is 5.10 Å². The third kappa shape index (κ3) is 5.47. The van der Waals surface area contributed by atoms with E-state index in [0.717, 1.165) is 22.1 Å². The zero-order valence-corrected chi connectivity index (χ0v) is 20.6. The lowest BCUT2D eigenvalue weighted by Crippen LogP contribution is -2.45. The van der Waals surface area contributed by atoms with Gasteiger partial charge < -0.3 is 10.1 Å². The monoisotopic (exact) mass is 505 g/mol. The summed E-state index contributed by atoms with van der Waals surface area (Å²) in [6.07, 6.45) is 0. The van der Waals surface area contributed by atoms with Crippen molar-refractivity contribution < 1.29 is 14.3 Å². The van der Waals surface area contributed by atoms with E-state index in [4.69, 9.17) is 16.3 Å². The molecular formula is C26H24ClN5O4. The second-order valence-electron chi connectivity index (χ2n) is 8.18. The van der Waals surface area contributed by atoms with Crippen molar-refractivity contribution in [2.45, 2.75) is 13.8 Å². The van der Waals surface area contributed by atoms with Crippen molar-refractivity contribution in [2.75, 3.05) is 11.9 Å². The number of urea groups is 1. The van der Waals surface area contributed by atoms with Gasteiger partial charge in [-0.3, -0.25) is 15.0 Å². The number of aromatic nitrogens is 2. The number of anilines is 1. The van der Waals surface area contributed by atoms with Crippen LogP contribution in [0.2, 0.25) is 5.02 Å². The Hall–Kier alpha value is -4.37. The zero-order valence-electron chi connectivity index (χ0n) is 19.9. The van der Waals surface area contributed by atoms with E-state index in [2.05, 4.69) is 21.3 Å². The minimum Gasteiger partial charge on any atom is -0.483 e. The van der Waals surface area contributed by atoms with Crippen LogP contribution in [0.3, 0.4) is 0 Å². The number of carbonyl (C=O) groups is 2. The first-order chi connectivity index (χ1) is 17.2. The number of ether oxygens (including phenoxy) is 1. The Labute approximate surface area is 212 Å². The molecule has 9 nitrogen and oxygen atoms in total. The minimum atomic E-state index is -0.612. The average molecular weight is 506 g/mol. The number of carbonyl (C=O) groups excluding carboxylic acids is 2. The van der Waals surface area contributed by atoms with Crippen LogP contribution in [-0.4, -0.2) is 28.3 Å². The molecule has 0 saturated heterocycles. The highest BCUT2D eigenvalue weighted by molar-refractivity contribution is 6.30. The quantitative estimate of drug-likeness (QED) is 0.353. The highest BCUT2D eigenvalue weighted by Gasteiger charge is 2.15. The summed E-state index contributed by atoms with van der Waals surface area (Å²) in [7, 11) is 1.62. The first kappa shape index (κ1) is 24.7. The average Bonchev–Trinajstić information content (AvgIpc) is 2.86. The van der Waals surface area contributed by atoms with Gasteiger partial charge in [0.1, 0.15) is 5.75 Å². The number of halogens is 1. The van der Waals surface area contributed by atoms with E-state index < -0.39 is 11.9 Å². The molecule has 0 aliphatic carbocycles. The van der Waals surface area contributed by atoms with Gasteiger partial charge in [-0.05, 0) is 67.4 Å². The van der Waals surface area contributed by atoms with Crippen LogP contribution >= 0.6 is 11.6 Å². The second kappa shape index (κ2) is 10.5. The van der Waals surface area contributed by atoms with Crippen LogP contribution in [0.5, 0.6) is 5.75 Å². The van der Waals surface area contributed by atoms with Crippen LogP contribution in [-0.2, 0) is 11.8 Å². The summed E-state index contributed by atoms with van der Waals surface area (Å²) in [5, 5.41) is 8.94. The topological polar surface area (TPSA) is 114 Å². The van der Waals surface area contributed by atoms with Crippen LogP contribution in [0, 0.1) is 13.8 Å². The maximum Gasteiger partial charge on any atom is 0.337 e. The van der Waals surface area contributed by atoms with E-state index in [-0.39, 0.29) is 12.2 Å². The van der Waals surface area contributed by atoms with Crippen molar-refractivity contribution in [3.05, 3.63) is 87.2 Å². The van der Waals surface area contributed by atoms with Crippen LogP contribution in [0.15, 0.2) is 65.5 Å². The summed E-state index contributed by atoms with van der Waals surface area (Å²) >= 11 is 5.82. The summed E-state index contributed by atoms with van der Waals surface area (Å²) in [6.45, 7) is 3.43. The smallest absolute Gasteiger partial charge is 0.337 e. The fourth-order valence-corrected chi connectivity index (χ4v) is 3.95.